The van der Waals surface area contributed by atoms with Gasteiger partial charge in [-0.15, -0.1) is 6.58 Å². The van der Waals surface area contributed by atoms with E-state index >= 15 is 0 Å². The molecule has 0 saturated carbocycles. The number of fused-ring (bicyclic) bond motifs is 1. The van der Waals surface area contributed by atoms with Crippen molar-refractivity contribution in [2.45, 2.75) is 13.0 Å². The maximum absolute atomic E-state index is 13.2. The van der Waals surface area contributed by atoms with Gasteiger partial charge in [-0.3, -0.25) is 9.59 Å². The first kappa shape index (κ1) is 20.5. The van der Waals surface area contributed by atoms with Crippen molar-refractivity contribution in [1.82, 2.24) is 4.90 Å². The second-order valence-electron chi connectivity index (χ2n) is 7.55. The lowest BCUT2D eigenvalue weighted by Crippen LogP contribution is -2.37. The number of carbonyl (C=O) groups excluding carboxylic acids is 2. The highest BCUT2D eigenvalue weighted by molar-refractivity contribution is 6.00. The molecule has 7 nitrogen and oxygen atoms in total. The van der Waals surface area contributed by atoms with Gasteiger partial charge in [0.1, 0.15) is 13.2 Å². The van der Waals surface area contributed by atoms with Gasteiger partial charge >= 0.3 is 0 Å². The molecule has 4 rings (SSSR count). The maximum atomic E-state index is 13.2. The van der Waals surface area contributed by atoms with Crippen LogP contribution in [0.3, 0.4) is 0 Å². The fourth-order valence-electron chi connectivity index (χ4n) is 3.87. The van der Waals surface area contributed by atoms with Gasteiger partial charge < -0.3 is 19.3 Å². The lowest BCUT2D eigenvalue weighted by molar-refractivity contribution is -0.135. The van der Waals surface area contributed by atoms with Gasteiger partial charge in [-0.2, -0.15) is 5.26 Å². The number of hydrogen-bond donors (Lipinski definition) is 0. The van der Waals surface area contributed by atoms with Gasteiger partial charge in [0.2, 0.25) is 11.8 Å². The van der Waals surface area contributed by atoms with Gasteiger partial charge in [-0.05, 0) is 29.8 Å². The average molecular weight is 417 g/mol. The highest BCUT2D eigenvalue weighted by atomic mass is 16.6. The van der Waals surface area contributed by atoms with Crippen LogP contribution in [0.25, 0.3) is 0 Å². The zero-order valence-corrected chi connectivity index (χ0v) is 17.1. The van der Waals surface area contributed by atoms with E-state index in [2.05, 4.69) is 12.6 Å². The molecule has 0 spiro atoms. The number of ether oxygens (including phenoxy) is 2. The van der Waals surface area contributed by atoms with Crippen LogP contribution >= 0.6 is 0 Å². The molecule has 1 saturated heterocycles. The van der Waals surface area contributed by atoms with E-state index < -0.39 is 5.92 Å². The monoisotopic (exact) mass is 417 g/mol. The first-order valence-corrected chi connectivity index (χ1v) is 10.2. The predicted octanol–water partition coefficient (Wildman–Crippen LogP) is 2.90. The Morgan fingerprint density at radius 1 is 1.19 bits per heavy atom. The average Bonchev–Trinajstić information content (AvgIpc) is 3.20. The highest BCUT2D eigenvalue weighted by Crippen LogP contribution is 2.36. The van der Waals surface area contributed by atoms with E-state index in [4.69, 9.17) is 14.7 Å². The fourth-order valence-corrected chi connectivity index (χ4v) is 3.87. The van der Waals surface area contributed by atoms with Crippen LogP contribution in [0.2, 0.25) is 0 Å². The van der Waals surface area contributed by atoms with E-state index in [9.17, 15) is 9.59 Å². The Bertz CT molecular complexity index is 1040. The number of nitriles is 1. The fraction of sp³-hybridized carbons (Fsp3) is 0.292. The van der Waals surface area contributed by atoms with Crippen LogP contribution in [-0.2, 0) is 16.1 Å². The van der Waals surface area contributed by atoms with Gasteiger partial charge in [0.15, 0.2) is 11.5 Å². The van der Waals surface area contributed by atoms with Gasteiger partial charge in [-0.25, -0.2) is 0 Å². The first-order chi connectivity index (χ1) is 15.1. The molecule has 0 aromatic heterocycles. The number of rotatable bonds is 6. The molecule has 2 amide bonds. The third-order valence-corrected chi connectivity index (χ3v) is 5.43. The van der Waals surface area contributed by atoms with Crippen LogP contribution in [0.15, 0.2) is 55.1 Å². The van der Waals surface area contributed by atoms with E-state index in [1.807, 2.05) is 18.2 Å². The summed E-state index contributed by atoms with van der Waals surface area (Å²) in [5.74, 6) is 0.665. The number of hydrogen-bond acceptors (Lipinski definition) is 5. The van der Waals surface area contributed by atoms with Crippen molar-refractivity contribution < 1.29 is 19.1 Å². The lowest BCUT2D eigenvalue weighted by atomic mass is 10.1. The summed E-state index contributed by atoms with van der Waals surface area (Å²) >= 11 is 0. The van der Waals surface area contributed by atoms with Crippen LogP contribution in [0.4, 0.5) is 5.69 Å². The quantitative estimate of drug-likeness (QED) is 0.675. The summed E-state index contributed by atoms with van der Waals surface area (Å²) in [5, 5.41) is 8.96. The van der Waals surface area contributed by atoms with Crippen LogP contribution in [0.1, 0.15) is 17.5 Å². The minimum atomic E-state index is -0.431. The molecular weight excluding hydrogens is 394 g/mol. The molecule has 2 aromatic carbocycles. The van der Waals surface area contributed by atoms with Crippen LogP contribution in [-0.4, -0.2) is 43.0 Å². The molecule has 1 atom stereocenters. The number of carbonyl (C=O) groups is 2. The predicted molar refractivity (Wildman–Crippen MR) is 115 cm³/mol. The Labute approximate surface area is 181 Å². The Morgan fingerprint density at radius 3 is 2.65 bits per heavy atom. The largest absolute Gasteiger partial charge is 0.486 e. The molecule has 1 unspecified atom stereocenters. The second-order valence-corrected chi connectivity index (χ2v) is 7.55. The van der Waals surface area contributed by atoms with Gasteiger partial charge in [0.05, 0.1) is 17.6 Å². The summed E-state index contributed by atoms with van der Waals surface area (Å²) in [6.45, 7) is 5.82. The number of amides is 2. The summed E-state index contributed by atoms with van der Waals surface area (Å²) in [5.41, 5.74) is 2.19. The van der Waals surface area contributed by atoms with Crippen LogP contribution in [0, 0.1) is 17.2 Å². The Morgan fingerprint density at radius 2 is 1.94 bits per heavy atom. The standard InChI is InChI=1S/C24H23N3O4/c1-2-9-26(15-18-5-3-17(14-25)4-6-18)24(29)19-12-23(28)27(16-19)20-7-8-21-22(13-20)31-11-10-30-21/h2-8,13,19H,1,9-12,15-16H2. The molecule has 2 heterocycles. The molecule has 0 N–H and O–H groups in total. The third kappa shape index (κ3) is 4.38. The lowest BCUT2D eigenvalue weighted by Gasteiger charge is -2.25. The summed E-state index contributed by atoms with van der Waals surface area (Å²) in [7, 11) is 0. The topological polar surface area (TPSA) is 82.9 Å². The summed E-state index contributed by atoms with van der Waals surface area (Å²) in [4.78, 5) is 29.2. The normalized spacial score (nSPS) is 17.2. The van der Waals surface area contributed by atoms with E-state index in [1.54, 1.807) is 40.1 Å². The highest BCUT2D eigenvalue weighted by Gasteiger charge is 2.37. The van der Waals surface area contributed by atoms with Crippen molar-refractivity contribution in [1.29, 1.82) is 5.26 Å². The maximum Gasteiger partial charge on any atom is 0.228 e. The molecule has 2 aromatic rings. The zero-order valence-electron chi connectivity index (χ0n) is 17.1. The van der Waals surface area contributed by atoms with Crippen molar-refractivity contribution in [3.8, 4) is 17.6 Å². The molecule has 31 heavy (non-hydrogen) atoms. The van der Waals surface area contributed by atoms with Crippen molar-refractivity contribution >= 4 is 17.5 Å². The number of anilines is 1. The SMILES string of the molecule is C=CCN(Cc1ccc(C#N)cc1)C(=O)C1CC(=O)N(c2ccc3c(c2)OCCO3)C1. The summed E-state index contributed by atoms with van der Waals surface area (Å²) < 4.78 is 11.2. The van der Waals surface area contributed by atoms with E-state index in [1.165, 1.54) is 0 Å². The van der Waals surface area contributed by atoms with E-state index in [0.29, 0.717) is 55.6 Å². The number of nitrogens with zero attached hydrogens (tertiary/aromatic N) is 3. The van der Waals surface area contributed by atoms with Crippen LogP contribution < -0.4 is 14.4 Å². The summed E-state index contributed by atoms with van der Waals surface area (Å²) in [6, 6.07) is 14.6. The molecule has 0 aliphatic carbocycles. The molecule has 7 heteroatoms. The van der Waals surface area contributed by atoms with E-state index in [0.717, 1.165) is 5.56 Å². The number of benzene rings is 2. The Kier molecular flexibility index (Phi) is 5.89. The van der Waals surface area contributed by atoms with Crippen molar-refractivity contribution in [2.24, 2.45) is 5.92 Å². The minimum Gasteiger partial charge on any atom is -0.486 e. The smallest absolute Gasteiger partial charge is 0.228 e. The Hall–Kier alpha value is -3.79. The Balaban J connectivity index is 1.47. The van der Waals surface area contributed by atoms with Gasteiger partial charge in [0.25, 0.3) is 0 Å². The molecule has 158 valence electrons. The molecule has 1 fully saturated rings. The van der Waals surface area contributed by atoms with Crippen LogP contribution in [0.5, 0.6) is 11.5 Å². The van der Waals surface area contributed by atoms with Gasteiger partial charge in [-0.1, -0.05) is 18.2 Å². The van der Waals surface area contributed by atoms with Gasteiger partial charge in [0, 0.05) is 37.8 Å². The molecular formula is C24H23N3O4. The molecule has 2 aliphatic heterocycles. The minimum absolute atomic E-state index is 0.0855. The molecule has 0 radical (unpaired) electrons. The van der Waals surface area contributed by atoms with Crippen molar-refractivity contribution in [3.63, 3.8) is 0 Å². The first-order valence-electron chi connectivity index (χ1n) is 10.2. The zero-order chi connectivity index (χ0) is 21.8. The summed E-state index contributed by atoms with van der Waals surface area (Å²) in [6.07, 6.45) is 1.84. The molecule has 0 bridgehead atoms. The van der Waals surface area contributed by atoms with Crippen molar-refractivity contribution in [3.05, 3.63) is 66.2 Å². The van der Waals surface area contributed by atoms with E-state index in [-0.39, 0.29) is 18.2 Å². The molecule has 2 aliphatic rings. The van der Waals surface area contributed by atoms with Crippen molar-refractivity contribution in [2.75, 3.05) is 31.2 Å². The second kappa shape index (κ2) is 8.92. The third-order valence-electron chi connectivity index (χ3n) is 5.43.